The van der Waals surface area contributed by atoms with E-state index in [0.717, 1.165) is 0 Å². The molecule has 2 aromatic carbocycles. The number of hydrogen-bond acceptors (Lipinski definition) is 5. The smallest absolute Gasteiger partial charge is 0.276 e. The monoisotopic (exact) mass is 347 g/mol. The van der Waals surface area contributed by atoms with Crippen molar-refractivity contribution < 1.29 is 9.18 Å². The van der Waals surface area contributed by atoms with Gasteiger partial charge in [-0.05, 0) is 36.4 Å². The molecule has 0 saturated carbocycles. The van der Waals surface area contributed by atoms with Gasteiger partial charge < -0.3 is 10.6 Å². The molecule has 6 nitrogen and oxygen atoms in total. The first-order chi connectivity index (χ1) is 12.7. The molecule has 2 N–H and O–H groups in total. The van der Waals surface area contributed by atoms with Gasteiger partial charge in [0, 0.05) is 17.8 Å². The van der Waals surface area contributed by atoms with Gasteiger partial charge in [0.2, 0.25) is 0 Å². The zero-order chi connectivity index (χ0) is 18.4. The van der Waals surface area contributed by atoms with Gasteiger partial charge in [-0.25, -0.2) is 4.39 Å². The van der Waals surface area contributed by atoms with Crippen LogP contribution in [0.1, 0.15) is 21.6 Å². The summed E-state index contributed by atoms with van der Waals surface area (Å²) in [5, 5.41) is 22.3. The molecular formula is C19H14FN5O. The normalized spacial score (nSPS) is 10.0. The number of carbonyl (C=O) groups is 1. The van der Waals surface area contributed by atoms with Crippen LogP contribution < -0.4 is 10.6 Å². The molecule has 3 aromatic rings. The maximum absolute atomic E-state index is 13.6. The fourth-order valence-electron chi connectivity index (χ4n) is 2.24. The molecule has 7 heteroatoms. The van der Waals surface area contributed by atoms with Crippen LogP contribution in [0.25, 0.3) is 0 Å². The number of amides is 1. The van der Waals surface area contributed by atoms with Gasteiger partial charge in [0.05, 0.1) is 11.6 Å². The first kappa shape index (κ1) is 17.0. The predicted molar refractivity (Wildman–Crippen MR) is 94.9 cm³/mol. The highest BCUT2D eigenvalue weighted by Gasteiger charge is 2.09. The van der Waals surface area contributed by atoms with E-state index in [2.05, 4.69) is 20.8 Å². The Kier molecular flexibility index (Phi) is 5.15. The van der Waals surface area contributed by atoms with Crippen LogP contribution >= 0.6 is 0 Å². The molecule has 0 atom stereocenters. The Morgan fingerprint density at radius 1 is 1.08 bits per heavy atom. The Labute approximate surface area is 149 Å². The topological polar surface area (TPSA) is 90.7 Å². The summed E-state index contributed by atoms with van der Waals surface area (Å²) in [6.45, 7) is 0.258. The van der Waals surface area contributed by atoms with Crippen LogP contribution in [-0.2, 0) is 6.54 Å². The van der Waals surface area contributed by atoms with Crippen LogP contribution in [0.2, 0.25) is 0 Å². The Balaban J connectivity index is 1.62. The summed E-state index contributed by atoms with van der Waals surface area (Å²) in [4.78, 5) is 12.2. The Morgan fingerprint density at radius 3 is 2.65 bits per heavy atom. The largest absolute Gasteiger partial charge is 0.364 e. The van der Waals surface area contributed by atoms with Crippen LogP contribution in [-0.4, -0.2) is 16.1 Å². The number of rotatable bonds is 5. The first-order valence-corrected chi connectivity index (χ1v) is 7.78. The lowest BCUT2D eigenvalue weighted by atomic mass is 10.2. The average molecular weight is 347 g/mol. The summed E-state index contributed by atoms with van der Waals surface area (Å²) in [5.74, 6) is -0.312. The van der Waals surface area contributed by atoms with Crippen molar-refractivity contribution in [3.8, 4) is 6.07 Å². The van der Waals surface area contributed by atoms with Crippen LogP contribution in [0.5, 0.6) is 0 Å². The van der Waals surface area contributed by atoms with Gasteiger partial charge >= 0.3 is 0 Å². The summed E-state index contributed by atoms with van der Waals surface area (Å²) >= 11 is 0. The summed E-state index contributed by atoms with van der Waals surface area (Å²) in [6.07, 6.45) is 0. The number of nitriles is 1. The summed E-state index contributed by atoms with van der Waals surface area (Å²) < 4.78 is 13.6. The lowest BCUT2D eigenvalue weighted by molar-refractivity contribution is 0.102. The second-order valence-corrected chi connectivity index (χ2v) is 5.40. The number of nitrogens with one attached hydrogen (secondary N) is 2. The van der Waals surface area contributed by atoms with E-state index in [1.807, 2.05) is 6.07 Å². The van der Waals surface area contributed by atoms with Crippen LogP contribution in [0.15, 0.2) is 60.7 Å². The van der Waals surface area contributed by atoms with Gasteiger partial charge in [-0.3, -0.25) is 4.79 Å². The number of anilines is 2. The van der Waals surface area contributed by atoms with E-state index >= 15 is 0 Å². The minimum atomic E-state index is -0.437. The standard InChI is InChI=1S/C19H14FN5O/c20-16-7-2-1-5-14(16)12-22-18-9-8-17(24-25-18)19(26)23-15-6-3-4-13(10-15)11-21/h1-10H,12H2,(H,22,25)(H,23,26). The van der Waals surface area contributed by atoms with Crippen molar-refractivity contribution in [2.45, 2.75) is 6.54 Å². The minimum absolute atomic E-state index is 0.129. The zero-order valence-corrected chi connectivity index (χ0v) is 13.6. The molecule has 0 bridgehead atoms. The third-order valence-corrected chi connectivity index (χ3v) is 3.56. The molecule has 1 amide bonds. The molecule has 0 saturated heterocycles. The summed E-state index contributed by atoms with van der Waals surface area (Å²) in [7, 11) is 0. The first-order valence-electron chi connectivity index (χ1n) is 7.78. The third-order valence-electron chi connectivity index (χ3n) is 3.56. The summed E-state index contributed by atoms with van der Waals surface area (Å²) in [5.41, 5.74) is 1.58. The van der Waals surface area contributed by atoms with Gasteiger partial charge in [-0.2, -0.15) is 5.26 Å². The molecule has 1 aromatic heterocycles. The van der Waals surface area contributed by atoms with Gasteiger partial charge in [0.1, 0.15) is 11.6 Å². The molecule has 26 heavy (non-hydrogen) atoms. The lowest BCUT2D eigenvalue weighted by Gasteiger charge is -2.07. The Hall–Kier alpha value is -3.79. The van der Waals surface area contributed by atoms with E-state index in [-0.39, 0.29) is 18.1 Å². The molecule has 3 rings (SSSR count). The highest BCUT2D eigenvalue weighted by atomic mass is 19.1. The van der Waals surface area contributed by atoms with Crippen molar-refractivity contribution in [2.24, 2.45) is 0 Å². The predicted octanol–water partition coefficient (Wildman–Crippen LogP) is 3.35. The molecule has 0 aliphatic rings. The van der Waals surface area contributed by atoms with Gasteiger partial charge in [0.25, 0.3) is 5.91 Å². The third kappa shape index (κ3) is 4.19. The number of halogens is 1. The van der Waals surface area contributed by atoms with Crippen molar-refractivity contribution in [3.05, 3.63) is 83.3 Å². The van der Waals surface area contributed by atoms with Crippen molar-refractivity contribution in [1.29, 1.82) is 5.26 Å². The number of benzene rings is 2. The Bertz CT molecular complexity index is 966. The molecule has 1 heterocycles. The highest BCUT2D eigenvalue weighted by molar-refractivity contribution is 6.02. The van der Waals surface area contributed by atoms with Crippen LogP contribution in [0.4, 0.5) is 15.9 Å². The van der Waals surface area contributed by atoms with Gasteiger partial charge in [-0.1, -0.05) is 24.3 Å². The fourth-order valence-corrected chi connectivity index (χ4v) is 2.24. The zero-order valence-electron chi connectivity index (χ0n) is 13.6. The molecule has 0 unspecified atom stereocenters. The minimum Gasteiger partial charge on any atom is -0.364 e. The molecular weight excluding hydrogens is 333 g/mol. The van der Waals surface area contributed by atoms with E-state index in [0.29, 0.717) is 22.6 Å². The van der Waals surface area contributed by atoms with Crippen molar-refractivity contribution in [3.63, 3.8) is 0 Å². The Morgan fingerprint density at radius 2 is 1.92 bits per heavy atom. The molecule has 0 aliphatic carbocycles. The van der Waals surface area contributed by atoms with E-state index in [1.165, 1.54) is 12.1 Å². The van der Waals surface area contributed by atoms with Crippen molar-refractivity contribution >= 4 is 17.4 Å². The average Bonchev–Trinajstić information content (AvgIpc) is 2.68. The number of aromatic nitrogens is 2. The maximum atomic E-state index is 13.6. The van der Waals surface area contributed by atoms with Gasteiger partial charge in [-0.15, -0.1) is 10.2 Å². The number of hydrogen-bond donors (Lipinski definition) is 2. The molecule has 0 fully saturated rings. The van der Waals surface area contributed by atoms with E-state index in [9.17, 15) is 9.18 Å². The van der Waals surface area contributed by atoms with Gasteiger partial charge in [0.15, 0.2) is 5.69 Å². The highest BCUT2D eigenvalue weighted by Crippen LogP contribution is 2.12. The second kappa shape index (κ2) is 7.85. The van der Waals surface area contributed by atoms with Crippen LogP contribution in [0, 0.1) is 17.1 Å². The second-order valence-electron chi connectivity index (χ2n) is 5.40. The molecule has 0 radical (unpaired) electrons. The van der Waals surface area contributed by atoms with E-state index in [1.54, 1.807) is 48.5 Å². The molecule has 0 aliphatic heterocycles. The maximum Gasteiger partial charge on any atom is 0.276 e. The summed E-state index contributed by atoms with van der Waals surface area (Å²) in [6, 6.07) is 18.1. The van der Waals surface area contributed by atoms with E-state index in [4.69, 9.17) is 5.26 Å². The lowest BCUT2D eigenvalue weighted by Crippen LogP contribution is -2.15. The number of carbonyl (C=O) groups excluding carboxylic acids is 1. The van der Waals surface area contributed by atoms with Crippen molar-refractivity contribution in [2.75, 3.05) is 10.6 Å². The molecule has 128 valence electrons. The van der Waals surface area contributed by atoms with E-state index < -0.39 is 5.91 Å². The van der Waals surface area contributed by atoms with Crippen molar-refractivity contribution in [1.82, 2.24) is 10.2 Å². The van der Waals surface area contributed by atoms with Crippen LogP contribution in [0.3, 0.4) is 0 Å². The number of nitrogens with zero attached hydrogens (tertiary/aromatic N) is 3. The SMILES string of the molecule is N#Cc1cccc(NC(=O)c2ccc(NCc3ccccc3F)nn2)c1. The molecule has 0 spiro atoms. The fraction of sp³-hybridized carbons (Fsp3) is 0.0526. The quantitative estimate of drug-likeness (QED) is 0.738.